The van der Waals surface area contributed by atoms with Crippen molar-refractivity contribution in [1.82, 2.24) is 20.1 Å². The largest absolute Gasteiger partial charge is 0.343 e. The zero-order valence-corrected chi connectivity index (χ0v) is 11.2. The van der Waals surface area contributed by atoms with Gasteiger partial charge in [-0.15, -0.1) is 0 Å². The fraction of sp³-hybridized carbons (Fsp3) is 0.385. The Kier molecular flexibility index (Phi) is 3.80. The lowest BCUT2D eigenvalue weighted by Gasteiger charge is -2.13. The Morgan fingerprint density at radius 2 is 2.26 bits per heavy atom. The van der Waals surface area contributed by atoms with Crippen LogP contribution in [-0.2, 0) is 13.6 Å². The second-order valence-corrected chi connectivity index (χ2v) is 4.63. The van der Waals surface area contributed by atoms with Crippen LogP contribution >= 0.6 is 0 Å². The standard InChI is InChI=1S/C13H17FN4O/c1-8-6-10(4-5-11(8)14)7-15-9(2)12-16-17-13(19)18(12)3/h4-6,9,15H,7H2,1-3H3,(H,17,19)/t9-/m1/s1. The summed E-state index contributed by atoms with van der Waals surface area (Å²) in [5, 5.41) is 9.61. The van der Waals surface area contributed by atoms with Crippen molar-refractivity contribution < 1.29 is 4.39 Å². The molecule has 0 spiro atoms. The molecule has 0 fully saturated rings. The first-order valence-electron chi connectivity index (χ1n) is 6.08. The highest BCUT2D eigenvalue weighted by Gasteiger charge is 2.12. The number of H-pyrrole nitrogens is 1. The van der Waals surface area contributed by atoms with E-state index < -0.39 is 0 Å². The van der Waals surface area contributed by atoms with Gasteiger partial charge in [-0.1, -0.05) is 12.1 Å². The molecule has 6 heteroatoms. The van der Waals surface area contributed by atoms with Crippen LogP contribution in [0, 0.1) is 12.7 Å². The van der Waals surface area contributed by atoms with Gasteiger partial charge in [0, 0.05) is 13.6 Å². The molecule has 0 saturated heterocycles. The molecule has 0 aliphatic carbocycles. The zero-order chi connectivity index (χ0) is 14.0. The molecule has 1 heterocycles. The average Bonchev–Trinajstić information content (AvgIpc) is 2.71. The first-order chi connectivity index (χ1) is 8.99. The van der Waals surface area contributed by atoms with Gasteiger partial charge in [0.05, 0.1) is 6.04 Å². The molecule has 0 unspecified atom stereocenters. The van der Waals surface area contributed by atoms with Crippen molar-refractivity contribution in [3.05, 3.63) is 51.5 Å². The molecular formula is C13H17FN4O. The van der Waals surface area contributed by atoms with Gasteiger partial charge >= 0.3 is 5.69 Å². The molecule has 102 valence electrons. The zero-order valence-electron chi connectivity index (χ0n) is 11.2. The van der Waals surface area contributed by atoms with Crippen LogP contribution in [0.3, 0.4) is 0 Å². The second-order valence-electron chi connectivity index (χ2n) is 4.63. The van der Waals surface area contributed by atoms with Gasteiger partial charge in [-0.05, 0) is 31.0 Å². The van der Waals surface area contributed by atoms with Crippen LogP contribution in [0.1, 0.15) is 29.9 Å². The number of rotatable bonds is 4. The number of nitrogens with zero attached hydrogens (tertiary/aromatic N) is 2. The van der Waals surface area contributed by atoms with Crippen molar-refractivity contribution in [1.29, 1.82) is 0 Å². The maximum Gasteiger partial charge on any atom is 0.343 e. The van der Waals surface area contributed by atoms with Crippen molar-refractivity contribution >= 4 is 0 Å². The summed E-state index contributed by atoms with van der Waals surface area (Å²) in [4.78, 5) is 11.3. The average molecular weight is 264 g/mol. The fourth-order valence-electron chi connectivity index (χ4n) is 1.93. The van der Waals surface area contributed by atoms with Crippen molar-refractivity contribution in [2.75, 3.05) is 0 Å². The predicted octanol–water partition coefficient (Wildman–Crippen LogP) is 1.41. The number of benzene rings is 1. The molecule has 5 nitrogen and oxygen atoms in total. The Morgan fingerprint density at radius 3 is 2.84 bits per heavy atom. The van der Waals surface area contributed by atoms with Crippen molar-refractivity contribution in [3.63, 3.8) is 0 Å². The van der Waals surface area contributed by atoms with Gasteiger partial charge in [0.2, 0.25) is 0 Å². The highest BCUT2D eigenvalue weighted by molar-refractivity contribution is 5.23. The quantitative estimate of drug-likeness (QED) is 0.877. The van der Waals surface area contributed by atoms with Gasteiger partial charge in [0.25, 0.3) is 0 Å². The Hall–Kier alpha value is -1.95. The third-order valence-corrected chi connectivity index (χ3v) is 3.14. The van der Waals surface area contributed by atoms with Crippen LogP contribution in [0.4, 0.5) is 4.39 Å². The topological polar surface area (TPSA) is 62.7 Å². The van der Waals surface area contributed by atoms with E-state index in [0.29, 0.717) is 17.9 Å². The van der Waals surface area contributed by atoms with E-state index >= 15 is 0 Å². The molecule has 0 aliphatic rings. The number of hydrogen-bond acceptors (Lipinski definition) is 3. The minimum Gasteiger partial charge on any atom is -0.303 e. The van der Waals surface area contributed by atoms with Crippen LogP contribution in [0.2, 0.25) is 0 Å². The maximum atomic E-state index is 13.1. The van der Waals surface area contributed by atoms with Crippen LogP contribution in [-0.4, -0.2) is 14.8 Å². The van der Waals surface area contributed by atoms with E-state index in [1.54, 1.807) is 26.1 Å². The highest BCUT2D eigenvalue weighted by atomic mass is 19.1. The number of aryl methyl sites for hydroxylation is 1. The van der Waals surface area contributed by atoms with E-state index in [9.17, 15) is 9.18 Å². The number of halogens is 1. The maximum absolute atomic E-state index is 13.1. The van der Waals surface area contributed by atoms with E-state index in [1.165, 1.54) is 10.6 Å². The monoisotopic (exact) mass is 264 g/mol. The van der Waals surface area contributed by atoms with Crippen molar-refractivity contribution in [2.24, 2.45) is 7.05 Å². The summed E-state index contributed by atoms with van der Waals surface area (Å²) in [7, 11) is 1.67. The fourth-order valence-corrected chi connectivity index (χ4v) is 1.93. The number of aromatic amines is 1. The minimum atomic E-state index is -0.235. The Bertz CT molecular complexity index is 632. The van der Waals surface area contributed by atoms with Gasteiger partial charge in [0.1, 0.15) is 11.6 Å². The normalized spacial score (nSPS) is 12.6. The van der Waals surface area contributed by atoms with Gasteiger partial charge in [-0.3, -0.25) is 4.57 Å². The Morgan fingerprint density at radius 1 is 1.53 bits per heavy atom. The summed E-state index contributed by atoms with van der Waals surface area (Å²) in [6.07, 6.45) is 0. The lowest BCUT2D eigenvalue weighted by atomic mass is 10.1. The van der Waals surface area contributed by atoms with E-state index in [-0.39, 0.29) is 17.5 Å². The van der Waals surface area contributed by atoms with E-state index in [1.807, 2.05) is 6.92 Å². The molecule has 2 aromatic rings. The van der Waals surface area contributed by atoms with Crippen LogP contribution in [0.5, 0.6) is 0 Å². The summed E-state index contributed by atoms with van der Waals surface area (Å²) >= 11 is 0. The van der Waals surface area contributed by atoms with Crippen LogP contribution in [0.15, 0.2) is 23.0 Å². The third kappa shape index (κ3) is 2.90. The molecule has 0 aliphatic heterocycles. The first-order valence-corrected chi connectivity index (χ1v) is 6.08. The van der Waals surface area contributed by atoms with Crippen molar-refractivity contribution in [2.45, 2.75) is 26.4 Å². The molecule has 0 saturated carbocycles. The predicted molar refractivity (Wildman–Crippen MR) is 70.2 cm³/mol. The molecule has 1 atom stereocenters. The summed E-state index contributed by atoms with van der Waals surface area (Å²) in [6, 6.07) is 4.93. The number of aromatic nitrogens is 3. The molecule has 1 aromatic heterocycles. The highest BCUT2D eigenvalue weighted by Crippen LogP contribution is 2.11. The van der Waals surface area contributed by atoms with Gasteiger partial charge < -0.3 is 5.32 Å². The molecule has 2 rings (SSSR count). The molecular weight excluding hydrogens is 247 g/mol. The SMILES string of the molecule is Cc1cc(CN[C@H](C)c2n[nH]c(=O)n2C)ccc1F. The number of hydrogen-bond donors (Lipinski definition) is 2. The van der Waals surface area contributed by atoms with E-state index in [2.05, 4.69) is 15.5 Å². The van der Waals surface area contributed by atoms with E-state index in [4.69, 9.17) is 0 Å². The Balaban J connectivity index is 2.04. The second kappa shape index (κ2) is 5.36. The third-order valence-electron chi connectivity index (χ3n) is 3.14. The summed E-state index contributed by atoms with van der Waals surface area (Å²) in [5.74, 6) is 0.440. The lowest BCUT2D eigenvalue weighted by Crippen LogP contribution is -2.23. The number of nitrogens with one attached hydrogen (secondary N) is 2. The van der Waals surface area contributed by atoms with Gasteiger partial charge in [0.15, 0.2) is 0 Å². The minimum absolute atomic E-state index is 0.0747. The van der Waals surface area contributed by atoms with Gasteiger partial charge in [-0.25, -0.2) is 14.3 Å². The van der Waals surface area contributed by atoms with Gasteiger partial charge in [-0.2, -0.15) is 5.10 Å². The van der Waals surface area contributed by atoms with Crippen LogP contribution < -0.4 is 11.0 Å². The molecule has 0 radical (unpaired) electrons. The summed E-state index contributed by atoms with van der Waals surface area (Å²) < 4.78 is 14.6. The van der Waals surface area contributed by atoms with Crippen LogP contribution in [0.25, 0.3) is 0 Å². The lowest BCUT2D eigenvalue weighted by molar-refractivity contribution is 0.525. The summed E-state index contributed by atoms with van der Waals surface area (Å²) in [6.45, 7) is 4.25. The molecule has 0 bridgehead atoms. The molecule has 1 aromatic carbocycles. The summed E-state index contributed by atoms with van der Waals surface area (Å²) in [5.41, 5.74) is 1.38. The van der Waals surface area contributed by atoms with E-state index in [0.717, 1.165) is 5.56 Å². The smallest absolute Gasteiger partial charge is 0.303 e. The molecule has 19 heavy (non-hydrogen) atoms. The first kappa shape index (κ1) is 13.5. The molecule has 2 N–H and O–H groups in total. The van der Waals surface area contributed by atoms with Crippen molar-refractivity contribution in [3.8, 4) is 0 Å². The molecule has 0 amide bonds. The Labute approximate surface area is 110 Å².